The minimum absolute atomic E-state index is 0.112. The summed E-state index contributed by atoms with van der Waals surface area (Å²) in [7, 11) is 0. The molecule has 1 saturated heterocycles. The van der Waals surface area contributed by atoms with Crippen molar-refractivity contribution in [3.8, 4) is 0 Å². The van der Waals surface area contributed by atoms with Crippen molar-refractivity contribution in [3.05, 3.63) is 30.1 Å². The molecule has 0 bridgehead atoms. The van der Waals surface area contributed by atoms with Gasteiger partial charge in [-0.15, -0.1) is 0 Å². The molecule has 4 heteroatoms. The molecular formula is C13H18N2O2. The van der Waals surface area contributed by atoms with Crippen molar-refractivity contribution in [2.45, 2.75) is 19.3 Å². The Morgan fingerprint density at radius 1 is 1.59 bits per heavy atom. The third-order valence-electron chi connectivity index (χ3n) is 2.98. The first-order valence-electron chi connectivity index (χ1n) is 6.08. The van der Waals surface area contributed by atoms with Gasteiger partial charge in [0.25, 0.3) is 0 Å². The van der Waals surface area contributed by atoms with Crippen LogP contribution < -0.4 is 5.32 Å². The molecular weight excluding hydrogens is 216 g/mol. The lowest BCUT2D eigenvalue weighted by atomic mass is 10.1. The number of rotatable bonds is 5. The molecule has 17 heavy (non-hydrogen) atoms. The molecule has 1 amide bonds. The standard InChI is InChI=1S/C13H18N2O2/c16-13(15-9-12-5-7-17-10-12)4-3-11-2-1-6-14-8-11/h1-2,6,8,12H,3-5,7,9-10H2,(H,15,16)/t12-/m1/s1. The van der Waals surface area contributed by atoms with Gasteiger partial charge in [0.05, 0.1) is 6.61 Å². The summed E-state index contributed by atoms with van der Waals surface area (Å²) in [5.41, 5.74) is 1.10. The van der Waals surface area contributed by atoms with Crippen LogP contribution in [0.25, 0.3) is 0 Å². The highest BCUT2D eigenvalue weighted by molar-refractivity contribution is 5.76. The molecule has 1 atom stereocenters. The van der Waals surface area contributed by atoms with Gasteiger partial charge in [0.1, 0.15) is 0 Å². The van der Waals surface area contributed by atoms with Gasteiger partial charge in [0.15, 0.2) is 0 Å². The van der Waals surface area contributed by atoms with Crippen LogP contribution in [-0.4, -0.2) is 30.6 Å². The van der Waals surface area contributed by atoms with E-state index >= 15 is 0 Å². The summed E-state index contributed by atoms with van der Waals surface area (Å²) in [6.45, 7) is 2.35. The molecule has 0 aliphatic carbocycles. The number of amides is 1. The highest BCUT2D eigenvalue weighted by Crippen LogP contribution is 2.10. The van der Waals surface area contributed by atoms with Crippen LogP contribution in [0.1, 0.15) is 18.4 Å². The first-order valence-corrected chi connectivity index (χ1v) is 6.08. The molecule has 1 N–H and O–H groups in total. The Labute approximate surface area is 101 Å². The van der Waals surface area contributed by atoms with Crippen LogP contribution in [0.4, 0.5) is 0 Å². The highest BCUT2D eigenvalue weighted by Gasteiger charge is 2.15. The number of carbonyl (C=O) groups excluding carboxylic acids is 1. The summed E-state index contributed by atoms with van der Waals surface area (Å²) >= 11 is 0. The first kappa shape index (κ1) is 12.0. The van der Waals surface area contributed by atoms with E-state index in [1.54, 1.807) is 12.4 Å². The van der Waals surface area contributed by atoms with Crippen molar-refractivity contribution >= 4 is 5.91 Å². The molecule has 2 heterocycles. The van der Waals surface area contributed by atoms with E-state index in [4.69, 9.17) is 4.74 Å². The summed E-state index contributed by atoms with van der Waals surface area (Å²) in [5.74, 6) is 0.609. The molecule has 1 aromatic heterocycles. The monoisotopic (exact) mass is 234 g/mol. The molecule has 0 saturated carbocycles. The third-order valence-corrected chi connectivity index (χ3v) is 2.98. The minimum Gasteiger partial charge on any atom is -0.381 e. The zero-order valence-corrected chi connectivity index (χ0v) is 9.89. The van der Waals surface area contributed by atoms with E-state index in [2.05, 4.69) is 10.3 Å². The van der Waals surface area contributed by atoms with E-state index in [0.717, 1.165) is 38.2 Å². The van der Waals surface area contributed by atoms with Crippen LogP contribution in [0.3, 0.4) is 0 Å². The summed E-state index contributed by atoms with van der Waals surface area (Å²) in [5, 5.41) is 2.96. The summed E-state index contributed by atoms with van der Waals surface area (Å²) in [6.07, 6.45) is 5.88. The molecule has 1 aliphatic rings. The number of nitrogens with zero attached hydrogens (tertiary/aromatic N) is 1. The average molecular weight is 234 g/mol. The first-order chi connectivity index (χ1) is 8.34. The maximum absolute atomic E-state index is 11.6. The Morgan fingerprint density at radius 2 is 2.53 bits per heavy atom. The Balaban J connectivity index is 1.64. The topological polar surface area (TPSA) is 51.2 Å². The summed E-state index contributed by atoms with van der Waals surface area (Å²) in [4.78, 5) is 15.6. The largest absolute Gasteiger partial charge is 0.381 e. The molecule has 2 rings (SSSR count). The summed E-state index contributed by atoms with van der Waals surface area (Å²) < 4.78 is 5.26. The van der Waals surface area contributed by atoms with E-state index < -0.39 is 0 Å². The molecule has 1 aromatic rings. The normalized spacial score (nSPS) is 19.2. The van der Waals surface area contributed by atoms with Gasteiger partial charge >= 0.3 is 0 Å². The van der Waals surface area contributed by atoms with Crippen molar-refractivity contribution in [2.24, 2.45) is 5.92 Å². The highest BCUT2D eigenvalue weighted by atomic mass is 16.5. The molecule has 92 valence electrons. The van der Waals surface area contributed by atoms with E-state index in [1.165, 1.54) is 0 Å². The number of hydrogen-bond acceptors (Lipinski definition) is 3. The van der Waals surface area contributed by atoms with E-state index in [1.807, 2.05) is 12.1 Å². The fourth-order valence-corrected chi connectivity index (χ4v) is 1.89. The van der Waals surface area contributed by atoms with Crippen molar-refractivity contribution < 1.29 is 9.53 Å². The maximum atomic E-state index is 11.6. The number of nitrogens with one attached hydrogen (secondary N) is 1. The quantitative estimate of drug-likeness (QED) is 0.832. The van der Waals surface area contributed by atoms with Gasteiger partial charge in [0, 0.05) is 37.9 Å². The average Bonchev–Trinajstić information content (AvgIpc) is 2.88. The fourth-order valence-electron chi connectivity index (χ4n) is 1.89. The SMILES string of the molecule is O=C(CCc1cccnc1)NC[C@H]1CCOC1. The number of carbonyl (C=O) groups is 1. The zero-order valence-electron chi connectivity index (χ0n) is 9.89. The Morgan fingerprint density at radius 3 is 3.24 bits per heavy atom. The lowest BCUT2D eigenvalue weighted by Crippen LogP contribution is -2.29. The number of ether oxygens (including phenoxy) is 1. The second-order valence-electron chi connectivity index (χ2n) is 4.39. The Bertz CT molecular complexity index is 348. The second-order valence-corrected chi connectivity index (χ2v) is 4.39. The third kappa shape index (κ3) is 4.15. The van der Waals surface area contributed by atoms with Gasteiger partial charge < -0.3 is 10.1 Å². The lowest BCUT2D eigenvalue weighted by molar-refractivity contribution is -0.121. The van der Waals surface area contributed by atoms with Crippen LogP contribution in [0.15, 0.2) is 24.5 Å². The number of pyridine rings is 1. The Kier molecular flexibility index (Phi) is 4.50. The van der Waals surface area contributed by atoms with E-state index in [-0.39, 0.29) is 5.91 Å². The van der Waals surface area contributed by atoms with Gasteiger partial charge in [0.2, 0.25) is 5.91 Å². The fraction of sp³-hybridized carbons (Fsp3) is 0.538. The molecule has 1 aliphatic heterocycles. The van der Waals surface area contributed by atoms with Crippen LogP contribution in [0.2, 0.25) is 0 Å². The molecule has 0 spiro atoms. The van der Waals surface area contributed by atoms with Crippen molar-refractivity contribution in [2.75, 3.05) is 19.8 Å². The molecule has 0 radical (unpaired) electrons. The summed E-state index contributed by atoms with van der Waals surface area (Å²) in [6, 6.07) is 3.88. The maximum Gasteiger partial charge on any atom is 0.220 e. The van der Waals surface area contributed by atoms with Crippen LogP contribution >= 0.6 is 0 Å². The van der Waals surface area contributed by atoms with Gasteiger partial charge in [-0.05, 0) is 24.5 Å². The smallest absolute Gasteiger partial charge is 0.220 e. The van der Waals surface area contributed by atoms with Crippen LogP contribution in [-0.2, 0) is 16.0 Å². The van der Waals surface area contributed by atoms with Gasteiger partial charge in [-0.2, -0.15) is 0 Å². The predicted molar refractivity (Wildman–Crippen MR) is 64.5 cm³/mol. The molecule has 0 aromatic carbocycles. The van der Waals surface area contributed by atoms with E-state index in [9.17, 15) is 4.79 Å². The predicted octanol–water partition coefficient (Wildman–Crippen LogP) is 1.17. The molecule has 0 unspecified atom stereocenters. The van der Waals surface area contributed by atoms with Crippen molar-refractivity contribution in [1.82, 2.24) is 10.3 Å². The Hall–Kier alpha value is -1.42. The van der Waals surface area contributed by atoms with Crippen LogP contribution in [0.5, 0.6) is 0 Å². The van der Waals surface area contributed by atoms with Gasteiger partial charge in [-0.3, -0.25) is 9.78 Å². The number of aromatic nitrogens is 1. The lowest BCUT2D eigenvalue weighted by Gasteiger charge is -2.09. The zero-order chi connectivity index (χ0) is 11.9. The number of aryl methyl sites for hydroxylation is 1. The van der Waals surface area contributed by atoms with Crippen molar-refractivity contribution in [1.29, 1.82) is 0 Å². The van der Waals surface area contributed by atoms with E-state index in [0.29, 0.717) is 12.3 Å². The molecule has 1 fully saturated rings. The molecule has 4 nitrogen and oxygen atoms in total. The van der Waals surface area contributed by atoms with Gasteiger partial charge in [-0.25, -0.2) is 0 Å². The number of hydrogen-bond donors (Lipinski definition) is 1. The minimum atomic E-state index is 0.112. The second kappa shape index (κ2) is 6.35. The van der Waals surface area contributed by atoms with Crippen molar-refractivity contribution in [3.63, 3.8) is 0 Å². The van der Waals surface area contributed by atoms with Crippen LogP contribution in [0, 0.1) is 5.92 Å². The van der Waals surface area contributed by atoms with Gasteiger partial charge in [-0.1, -0.05) is 6.07 Å².